The van der Waals surface area contributed by atoms with Crippen LogP contribution in [-0.4, -0.2) is 31.0 Å². The van der Waals surface area contributed by atoms with Crippen molar-refractivity contribution in [1.82, 2.24) is 0 Å². The minimum atomic E-state index is -0.219. The van der Waals surface area contributed by atoms with Crippen molar-refractivity contribution in [2.45, 2.75) is 84.5 Å². The monoisotopic (exact) mass is 362 g/mol. The van der Waals surface area contributed by atoms with E-state index in [1.165, 1.54) is 12.8 Å². The average Bonchev–Trinajstić information content (AvgIpc) is 2.54. The maximum absolute atomic E-state index is 11.5. The molecule has 0 aromatic heterocycles. The largest absolute Gasteiger partial charge is 0.466 e. The summed E-state index contributed by atoms with van der Waals surface area (Å²) < 4.78 is 10.3. The Kier molecular flexibility index (Phi) is 16.5. The number of ether oxygens (including phenoxy) is 2. The first-order chi connectivity index (χ1) is 11.6. The van der Waals surface area contributed by atoms with Gasteiger partial charge in [0.15, 0.2) is 0 Å². The van der Waals surface area contributed by atoms with Crippen LogP contribution in [0, 0.1) is 5.92 Å². The van der Waals surface area contributed by atoms with Gasteiger partial charge in [-0.25, -0.2) is 0 Å². The van der Waals surface area contributed by atoms with Gasteiger partial charge in [-0.1, -0.05) is 39.5 Å². The Labute approximate surface area is 152 Å². The Bertz CT molecular complexity index is 318. The van der Waals surface area contributed by atoms with Crippen molar-refractivity contribution in [3.63, 3.8) is 0 Å². The predicted octanol–water partition coefficient (Wildman–Crippen LogP) is 5.26. The molecule has 0 radical (unpaired) electrons. The fraction of sp³-hybridized carbons (Fsp3) is 0.895. The molecule has 4 nitrogen and oxygen atoms in total. The second-order valence-corrected chi connectivity index (χ2v) is 7.02. The number of esters is 2. The van der Waals surface area contributed by atoms with Crippen LogP contribution in [0.2, 0.25) is 0 Å². The normalized spacial score (nSPS) is 10.8. The Morgan fingerprint density at radius 3 is 1.79 bits per heavy atom. The molecular formula is C19H35ClO4. The van der Waals surface area contributed by atoms with Crippen LogP contribution in [0.3, 0.4) is 0 Å². The molecule has 0 saturated carbocycles. The summed E-state index contributed by atoms with van der Waals surface area (Å²) >= 11 is 5.62. The number of carbonyl (C=O) groups excluding carboxylic acids is 2. The van der Waals surface area contributed by atoms with Gasteiger partial charge >= 0.3 is 11.9 Å². The quantitative estimate of drug-likeness (QED) is 0.213. The van der Waals surface area contributed by atoms with Gasteiger partial charge in [0.2, 0.25) is 0 Å². The highest BCUT2D eigenvalue weighted by molar-refractivity contribution is 6.17. The maximum atomic E-state index is 11.5. The van der Waals surface area contributed by atoms with Crippen LogP contribution in [0.5, 0.6) is 0 Å². The van der Waals surface area contributed by atoms with E-state index in [0.29, 0.717) is 25.6 Å². The summed E-state index contributed by atoms with van der Waals surface area (Å²) in [5, 5.41) is 0. The van der Waals surface area contributed by atoms with Crippen LogP contribution in [0.15, 0.2) is 0 Å². The summed E-state index contributed by atoms with van der Waals surface area (Å²) in [7, 11) is 0. The third-order valence-electron chi connectivity index (χ3n) is 3.74. The standard InChI is InChI=1S/C19H35ClO4/c1-17(2)11-10-16-24-19(22)13-9-12-18(21)23-15-8-6-4-3-5-7-14-20/h17H,3-16H2,1-2H3. The fourth-order valence-electron chi connectivity index (χ4n) is 2.29. The number of hydrogen-bond donors (Lipinski definition) is 0. The van der Waals surface area contributed by atoms with E-state index >= 15 is 0 Å². The molecule has 5 heteroatoms. The summed E-state index contributed by atoms with van der Waals surface area (Å²) in [5.41, 5.74) is 0. The van der Waals surface area contributed by atoms with Crippen LogP contribution in [0.4, 0.5) is 0 Å². The van der Waals surface area contributed by atoms with Crippen LogP contribution in [0.1, 0.15) is 84.5 Å². The first kappa shape index (κ1) is 23.2. The van der Waals surface area contributed by atoms with Crippen LogP contribution < -0.4 is 0 Å². The molecule has 0 amide bonds. The van der Waals surface area contributed by atoms with Gasteiger partial charge in [-0.3, -0.25) is 9.59 Å². The molecule has 0 atom stereocenters. The minimum absolute atomic E-state index is 0.218. The van der Waals surface area contributed by atoms with E-state index in [4.69, 9.17) is 21.1 Å². The van der Waals surface area contributed by atoms with Gasteiger partial charge in [-0.05, 0) is 38.0 Å². The lowest BCUT2D eigenvalue weighted by Crippen LogP contribution is -2.09. The third-order valence-corrected chi connectivity index (χ3v) is 4.01. The molecule has 0 aromatic rings. The highest BCUT2D eigenvalue weighted by atomic mass is 35.5. The highest BCUT2D eigenvalue weighted by Crippen LogP contribution is 2.07. The molecule has 24 heavy (non-hydrogen) atoms. The lowest BCUT2D eigenvalue weighted by molar-refractivity contribution is -0.145. The number of rotatable bonds is 16. The van der Waals surface area contributed by atoms with Crippen molar-refractivity contribution in [3.05, 3.63) is 0 Å². The number of halogens is 1. The molecule has 0 spiro atoms. The fourth-order valence-corrected chi connectivity index (χ4v) is 2.48. The van der Waals surface area contributed by atoms with Crippen LogP contribution >= 0.6 is 11.6 Å². The van der Waals surface area contributed by atoms with Gasteiger partial charge in [-0.2, -0.15) is 0 Å². The molecule has 0 N–H and O–H groups in total. The van der Waals surface area contributed by atoms with E-state index in [1.54, 1.807) is 0 Å². The van der Waals surface area contributed by atoms with Crippen LogP contribution in [-0.2, 0) is 19.1 Å². The van der Waals surface area contributed by atoms with Crippen molar-refractivity contribution in [1.29, 1.82) is 0 Å². The molecule has 0 fully saturated rings. The number of carbonyl (C=O) groups is 2. The molecule has 0 saturated heterocycles. The van der Waals surface area contributed by atoms with Crippen LogP contribution in [0.25, 0.3) is 0 Å². The van der Waals surface area contributed by atoms with Crippen molar-refractivity contribution in [2.24, 2.45) is 5.92 Å². The zero-order chi connectivity index (χ0) is 18.0. The van der Waals surface area contributed by atoms with E-state index in [1.807, 2.05) is 0 Å². The van der Waals surface area contributed by atoms with Gasteiger partial charge in [0.1, 0.15) is 0 Å². The zero-order valence-corrected chi connectivity index (χ0v) is 16.2. The van der Waals surface area contributed by atoms with Crippen molar-refractivity contribution < 1.29 is 19.1 Å². The molecule has 0 heterocycles. The third kappa shape index (κ3) is 17.6. The van der Waals surface area contributed by atoms with E-state index in [2.05, 4.69) is 13.8 Å². The van der Waals surface area contributed by atoms with E-state index in [-0.39, 0.29) is 24.8 Å². The van der Waals surface area contributed by atoms with Gasteiger partial charge < -0.3 is 9.47 Å². The van der Waals surface area contributed by atoms with Gasteiger partial charge in [0.05, 0.1) is 13.2 Å². The summed E-state index contributed by atoms with van der Waals surface area (Å²) in [6.07, 6.45) is 9.64. The lowest BCUT2D eigenvalue weighted by Gasteiger charge is -2.07. The summed E-state index contributed by atoms with van der Waals surface area (Å²) in [4.78, 5) is 23.0. The van der Waals surface area contributed by atoms with E-state index in [9.17, 15) is 9.59 Å². The molecule has 0 rings (SSSR count). The first-order valence-corrected chi connectivity index (χ1v) is 9.97. The van der Waals surface area contributed by atoms with Crippen molar-refractivity contribution in [2.75, 3.05) is 19.1 Å². The minimum Gasteiger partial charge on any atom is -0.466 e. The Morgan fingerprint density at radius 1 is 0.750 bits per heavy atom. The molecule has 0 bridgehead atoms. The lowest BCUT2D eigenvalue weighted by atomic mass is 10.1. The van der Waals surface area contributed by atoms with E-state index < -0.39 is 0 Å². The Balaban J connectivity index is 3.35. The smallest absolute Gasteiger partial charge is 0.305 e. The molecular weight excluding hydrogens is 328 g/mol. The summed E-state index contributed by atoms with van der Waals surface area (Å²) in [6, 6.07) is 0. The Hall–Kier alpha value is -0.770. The molecule has 0 aliphatic carbocycles. The zero-order valence-electron chi connectivity index (χ0n) is 15.5. The summed E-state index contributed by atoms with van der Waals surface area (Å²) in [6.45, 7) is 5.25. The maximum Gasteiger partial charge on any atom is 0.305 e. The number of hydrogen-bond acceptors (Lipinski definition) is 4. The topological polar surface area (TPSA) is 52.6 Å². The van der Waals surface area contributed by atoms with Gasteiger partial charge in [-0.15, -0.1) is 11.6 Å². The molecule has 0 aliphatic heterocycles. The number of alkyl halides is 1. The SMILES string of the molecule is CC(C)CCCOC(=O)CCCC(=O)OCCCCCCCCCl. The van der Waals surface area contributed by atoms with E-state index in [0.717, 1.165) is 44.4 Å². The second-order valence-electron chi connectivity index (χ2n) is 6.64. The van der Waals surface area contributed by atoms with Gasteiger partial charge in [0.25, 0.3) is 0 Å². The predicted molar refractivity (Wildman–Crippen MR) is 98.3 cm³/mol. The van der Waals surface area contributed by atoms with Gasteiger partial charge in [0, 0.05) is 18.7 Å². The molecule has 0 unspecified atom stereocenters. The molecule has 142 valence electrons. The highest BCUT2D eigenvalue weighted by Gasteiger charge is 2.07. The first-order valence-electron chi connectivity index (χ1n) is 9.43. The summed E-state index contributed by atoms with van der Waals surface area (Å²) in [5.74, 6) is 0.931. The Morgan fingerprint density at radius 2 is 1.25 bits per heavy atom. The van der Waals surface area contributed by atoms with Crippen molar-refractivity contribution >= 4 is 23.5 Å². The second kappa shape index (κ2) is 17.1. The van der Waals surface area contributed by atoms with Crippen molar-refractivity contribution in [3.8, 4) is 0 Å². The molecule has 0 aliphatic rings. The number of unbranched alkanes of at least 4 members (excludes halogenated alkanes) is 5. The average molecular weight is 363 g/mol. The molecule has 0 aromatic carbocycles.